The molecular formula is C47H48N2O2. The number of allylic oxidation sites excluding steroid dienone is 13. The molecule has 4 aliphatic rings. The Bertz CT molecular complexity index is 1920. The topological polar surface area (TPSA) is 24.9 Å². The Kier molecular flexibility index (Phi) is 12.2. The fourth-order valence-electron chi connectivity index (χ4n) is 6.71. The lowest BCUT2D eigenvalue weighted by molar-refractivity contribution is 0.362. The average molecular weight is 673 g/mol. The minimum Gasteiger partial charge on any atom is -0.466 e. The first-order valence-electron chi connectivity index (χ1n) is 17.4. The van der Waals surface area contributed by atoms with Gasteiger partial charge in [0.05, 0.1) is 23.7 Å². The van der Waals surface area contributed by atoms with Crippen LogP contribution in [0, 0.1) is 18.3 Å². The highest BCUT2D eigenvalue weighted by atomic mass is 16.5. The maximum absolute atomic E-state index is 6.82. The number of hydrogen-bond acceptors (Lipinski definition) is 4. The van der Waals surface area contributed by atoms with E-state index in [1.807, 2.05) is 18.2 Å². The first-order chi connectivity index (χ1) is 24.8. The van der Waals surface area contributed by atoms with E-state index in [-0.39, 0.29) is 11.5 Å². The third kappa shape index (κ3) is 8.82. The van der Waals surface area contributed by atoms with Gasteiger partial charge in [0.2, 0.25) is 0 Å². The smallest absolute Gasteiger partial charge is 0.154 e. The number of terminal acetylenes is 1. The molecule has 0 fully saturated rings. The highest BCUT2D eigenvalue weighted by Crippen LogP contribution is 2.46. The zero-order valence-electron chi connectivity index (χ0n) is 29.7. The Labute approximate surface area is 305 Å². The maximum Gasteiger partial charge on any atom is 0.154 e. The van der Waals surface area contributed by atoms with Crippen molar-refractivity contribution in [1.29, 1.82) is 0 Å². The number of para-hydroxylation sites is 1. The lowest BCUT2D eigenvalue weighted by Crippen LogP contribution is -2.46. The van der Waals surface area contributed by atoms with Crippen molar-refractivity contribution in [1.82, 2.24) is 0 Å². The van der Waals surface area contributed by atoms with Crippen molar-refractivity contribution in [3.63, 3.8) is 0 Å². The van der Waals surface area contributed by atoms with Gasteiger partial charge in [0.15, 0.2) is 5.75 Å². The largest absolute Gasteiger partial charge is 0.466 e. The van der Waals surface area contributed by atoms with E-state index in [4.69, 9.17) is 9.47 Å². The summed E-state index contributed by atoms with van der Waals surface area (Å²) < 4.78 is 12.5. The Hall–Kier alpha value is -5.92. The normalized spacial score (nSPS) is 25.7. The molecular weight excluding hydrogens is 625 g/mol. The van der Waals surface area contributed by atoms with E-state index in [1.165, 1.54) is 5.57 Å². The molecule has 0 spiro atoms. The summed E-state index contributed by atoms with van der Waals surface area (Å²) in [4.78, 5) is 4.75. The number of aryl methyl sites for hydroxylation is 1. The van der Waals surface area contributed by atoms with Gasteiger partial charge in [-0.2, -0.15) is 0 Å². The molecule has 0 saturated heterocycles. The molecule has 3 heterocycles. The number of fused-ring (bicyclic) bond motifs is 3. The first-order valence-corrected chi connectivity index (χ1v) is 17.4. The van der Waals surface area contributed by atoms with E-state index >= 15 is 0 Å². The standard InChI is InChI=1S/C45H46N2O2.C2H2/c1-34-18-12-17-31-48-36(3)24-25-37(4)49-44-38(26-23-34)32-39(46-29-16-11-19-35(2)40-20-8-9-21-41(40)46)33-42(44)47-30-15-7-6-13-27-45(5)28-14-10-22-43(45)47;1-2/h6-11,13-17,19-22,24-25,28-29,31-33,43H,1-4,12,18,23,26-27,30H2,5H3;1-2H/b13-6-,15-7-,19-11-,25-24-,29-16-,31-17-;. The molecule has 258 valence electrons. The molecule has 0 amide bonds. The van der Waals surface area contributed by atoms with E-state index < -0.39 is 0 Å². The van der Waals surface area contributed by atoms with Crippen LogP contribution in [0.5, 0.6) is 5.75 Å². The van der Waals surface area contributed by atoms with E-state index in [0.717, 1.165) is 71.6 Å². The first kappa shape index (κ1) is 36.4. The number of hydrogen-bond donors (Lipinski definition) is 0. The zero-order valence-corrected chi connectivity index (χ0v) is 29.7. The van der Waals surface area contributed by atoms with Gasteiger partial charge < -0.3 is 19.3 Å². The van der Waals surface area contributed by atoms with E-state index in [9.17, 15) is 0 Å². The number of benzene rings is 2. The van der Waals surface area contributed by atoms with Crippen molar-refractivity contribution in [2.24, 2.45) is 5.41 Å². The van der Waals surface area contributed by atoms with E-state index in [0.29, 0.717) is 18.1 Å². The molecule has 0 saturated carbocycles. The Morgan fingerprint density at radius 1 is 0.804 bits per heavy atom. The lowest BCUT2D eigenvalue weighted by Gasteiger charge is -2.44. The SMILES string of the molecule is C#C.C=C1CC/C=C\OC(=C)/C=C\C(=C)Oc2c(cc(N3/C=C\C=C/C(=C)c4ccccc43)cc2N2C/C=C\C=C/CC3(C)C=CC=CC23)CC1. The highest BCUT2D eigenvalue weighted by molar-refractivity contribution is 5.87. The highest BCUT2D eigenvalue weighted by Gasteiger charge is 2.37. The quantitative estimate of drug-likeness (QED) is 0.234. The van der Waals surface area contributed by atoms with Crippen molar-refractivity contribution in [2.75, 3.05) is 16.3 Å². The monoisotopic (exact) mass is 672 g/mol. The van der Waals surface area contributed by atoms with Crippen LogP contribution in [0.15, 0.2) is 177 Å². The fraction of sp³-hybridized carbons (Fsp3) is 0.191. The van der Waals surface area contributed by atoms with Crippen LogP contribution in [0.2, 0.25) is 0 Å². The summed E-state index contributed by atoms with van der Waals surface area (Å²) in [6, 6.07) is 13.1. The van der Waals surface area contributed by atoms with E-state index in [2.05, 4.69) is 159 Å². The van der Waals surface area contributed by atoms with Crippen LogP contribution < -0.4 is 14.5 Å². The number of ether oxygens (including phenoxy) is 2. The fourth-order valence-corrected chi connectivity index (χ4v) is 6.71. The third-order valence-corrected chi connectivity index (χ3v) is 9.42. The number of anilines is 3. The zero-order chi connectivity index (χ0) is 36.2. The minimum atomic E-state index is -0.136. The number of nitrogens with zero attached hydrogens (tertiary/aromatic N) is 2. The number of rotatable bonds is 2. The molecule has 2 aromatic rings. The summed E-state index contributed by atoms with van der Waals surface area (Å²) in [5.74, 6) is 1.81. The molecule has 2 unspecified atom stereocenters. The molecule has 0 radical (unpaired) electrons. The summed E-state index contributed by atoms with van der Waals surface area (Å²) in [6.07, 6.45) is 45.6. The molecule has 3 aliphatic heterocycles. The summed E-state index contributed by atoms with van der Waals surface area (Å²) in [7, 11) is 0. The second-order valence-corrected chi connectivity index (χ2v) is 13.1. The summed E-state index contributed by atoms with van der Waals surface area (Å²) in [6.45, 7) is 20.2. The predicted molar refractivity (Wildman–Crippen MR) is 218 cm³/mol. The average Bonchev–Trinajstić information content (AvgIpc) is 3.21. The Morgan fingerprint density at radius 2 is 1.61 bits per heavy atom. The predicted octanol–water partition coefficient (Wildman–Crippen LogP) is 11.8. The molecule has 51 heavy (non-hydrogen) atoms. The van der Waals surface area contributed by atoms with Gasteiger partial charge in [0, 0.05) is 29.4 Å². The molecule has 0 aromatic heterocycles. The summed E-state index contributed by atoms with van der Waals surface area (Å²) >= 11 is 0. The van der Waals surface area contributed by atoms with Gasteiger partial charge in [0.25, 0.3) is 0 Å². The minimum absolute atomic E-state index is 0.0698. The third-order valence-electron chi connectivity index (χ3n) is 9.42. The van der Waals surface area contributed by atoms with Crippen LogP contribution in [0.1, 0.15) is 43.7 Å². The van der Waals surface area contributed by atoms with E-state index in [1.54, 1.807) is 12.3 Å². The van der Waals surface area contributed by atoms with Crippen molar-refractivity contribution in [3.8, 4) is 18.6 Å². The van der Waals surface area contributed by atoms with Crippen LogP contribution in [0.3, 0.4) is 0 Å². The molecule has 4 heteroatoms. The van der Waals surface area contributed by atoms with Crippen LogP contribution in [0.4, 0.5) is 17.1 Å². The molecule has 6 rings (SSSR count). The summed E-state index contributed by atoms with van der Waals surface area (Å²) in [5, 5.41) is 0. The molecule has 4 nitrogen and oxygen atoms in total. The van der Waals surface area contributed by atoms with Gasteiger partial charge in [-0.15, -0.1) is 12.8 Å². The van der Waals surface area contributed by atoms with Crippen LogP contribution in [-0.4, -0.2) is 12.6 Å². The summed E-state index contributed by atoms with van der Waals surface area (Å²) in [5.41, 5.74) is 7.29. The maximum atomic E-state index is 6.82. The molecule has 2 aromatic carbocycles. The Morgan fingerprint density at radius 3 is 2.47 bits per heavy atom. The molecule has 1 aliphatic carbocycles. The second-order valence-electron chi connectivity index (χ2n) is 13.1. The van der Waals surface area contributed by atoms with Gasteiger partial charge in [-0.1, -0.05) is 118 Å². The molecule has 0 bridgehead atoms. The van der Waals surface area contributed by atoms with Gasteiger partial charge in [-0.25, -0.2) is 0 Å². The van der Waals surface area contributed by atoms with Crippen molar-refractivity contribution >= 4 is 22.6 Å². The lowest BCUT2D eigenvalue weighted by atomic mass is 9.75. The van der Waals surface area contributed by atoms with Gasteiger partial charge >= 0.3 is 0 Å². The van der Waals surface area contributed by atoms with Crippen molar-refractivity contribution in [3.05, 3.63) is 188 Å². The van der Waals surface area contributed by atoms with Crippen LogP contribution in [-0.2, 0) is 11.2 Å². The Balaban J connectivity index is 0.00000248. The van der Waals surface area contributed by atoms with Crippen LogP contribution in [0.25, 0.3) is 5.57 Å². The van der Waals surface area contributed by atoms with Gasteiger partial charge in [-0.3, -0.25) is 0 Å². The second kappa shape index (κ2) is 17.1. The molecule has 0 N–H and O–H groups in total. The van der Waals surface area contributed by atoms with Crippen molar-refractivity contribution < 1.29 is 9.47 Å². The van der Waals surface area contributed by atoms with Gasteiger partial charge in [-0.05, 0) is 85.7 Å². The van der Waals surface area contributed by atoms with Crippen LogP contribution >= 0.6 is 0 Å². The van der Waals surface area contributed by atoms with Gasteiger partial charge in [0.1, 0.15) is 11.5 Å². The molecule has 2 atom stereocenters. The van der Waals surface area contributed by atoms with Crippen molar-refractivity contribution in [2.45, 2.75) is 45.1 Å².